The second-order valence-electron chi connectivity index (χ2n) is 5.10. The van der Waals surface area contributed by atoms with Crippen molar-refractivity contribution >= 4 is 0 Å². The molecule has 1 N–H and O–H groups in total. The van der Waals surface area contributed by atoms with Gasteiger partial charge in [0.2, 0.25) is 0 Å². The Morgan fingerprint density at radius 2 is 1.61 bits per heavy atom. The standard InChI is InChI=1S/C16H27NO/c1-6-12(3)17-14(5)15-8-10-16(11-9-15)18-13(4)7-2/h8-14,17H,6-7H2,1-5H3/t12-,13-,14-/m0/s1. The summed E-state index contributed by atoms with van der Waals surface area (Å²) in [6.45, 7) is 10.9. The van der Waals surface area contributed by atoms with Crippen molar-refractivity contribution in [3.8, 4) is 5.75 Å². The number of ether oxygens (including phenoxy) is 1. The van der Waals surface area contributed by atoms with Gasteiger partial charge in [0, 0.05) is 12.1 Å². The van der Waals surface area contributed by atoms with Gasteiger partial charge < -0.3 is 10.1 Å². The third-order valence-corrected chi connectivity index (χ3v) is 3.44. The van der Waals surface area contributed by atoms with Crippen molar-refractivity contribution in [3.05, 3.63) is 29.8 Å². The van der Waals surface area contributed by atoms with E-state index in [4.69, 9.17) is 4.74 Å². The fourth-order valence-electron chi connectivity index (χ4n) is 1.79. The Morgan fingerprint density at radius 3 is 2.11 bits per heavy atom. The minimum absolute atomic E-state index is 0.284. The quantitative estimate of drug-likeness (QED) is 0.777. The molecule has 0 amide bonds. The first-order valence-electron chi connectivity index (χ1n) is 7.09. The van der Waals surface area contributed by atoms with Crippen LogP contribution in [0, 0.1) is 0 Å². The summed E-state index contributed by atoms with van der Waals surface area (Å²) >= 11 is 0. The second-order valence-corrected chi connectivity index (χ2v) is 5.10. The summed E-state index contributed by atoms with van der Waals surface area (Å²) in [4.78, 5) is 0. The molecule has 0 bridgehead atoms. The van der Waals surface area contributed by atoms with Crippen LogP contribution in [-0.2, 0) is 0 Å². The highest BCUT2D eigenvalue weighted by molar-refractivity contribution is 5.29. The van der Waals surface area contributed by atoms with Gasteiger partial charge in [-0.15, -0.1) is 0 Å². The molecule has 0 saturated heterocycles. The maximum atomic E-state index is 5.78. The van der Waals surface area contributed by atoms with E-state index in [1.165, 1.54) is 5.56 Å². The number of hydrogen-bond donors (Lipinski definition) is 1. The first kappa shape index (κ1) is 15.0. The molecular formula is C16H27NO. The minimum atomic E-state index is 0.284. The van der Waals surface area contributed by atoms with Gasteiger partial charge in [-0.05, 0) is 51.3 Å². The summed E-state index contributed by atoms with van der Waals surface area (Å²) in [5, 5.41) is 3.58. The molecule has 0 aliphatic heterocycles. The molecule has 0 aromatic heterocycles. The van der Waals surface area contributed by atoms with E-state index < -0.39 is 0 Å². The van der Waals surface area contributed by atoms with E-state index in [9.17, 15) is 0 Å². The van der Waals surface area contributed by atoms with Crippen molar-refractivity contribution in [1.29, 1.82) is 0 Å². The van der Waals surface area contributed by atoms with Crippen LogP contribution in [0.3, 0.4) is 0 Å². The maximum Gasteiger partial charge on any atom is 0.119 e. The van der Waals surface area contributed by atoms with E-state index in [0.717, 1.165) is 18.6 Å². The van der Waals surface area contributed by atoms with Crippen molar-refractivity contribution in [3.63, 3.8) is 0 Å². The average Bonchev–Trinajstić information content (AvgIpc) is 2.39. The normalized spacial score (nSPS) is 16.1. The van der Waals surface area contributed by atoms with Gasteiger partial charge in [-0.1, -0.05) is 26.0 Å². The summed E-state index contributed by atoms with van der Waals surface area (Å²) in [6, 6.07) is 9.37. The van der Waals surface area contributed by atoms with Crippen LogP contribution in [0.5, 0.6) is 5.75 Å². The van der Waals surface area contributed by atoms with Crippen LogP contribution >= 0.6 is 0 Å². The van der Waals surface area contributed by atoms with Crippen molar-refractivity contribution in [2.45, 2.75) is 65.6 Å². The van der Waals surface area contributed by atoms with E-state index in [1.807, 2.05) is 0 Å². The third kappa shape index (κ3) is 4.69. The Hall–Kier alpha value is -1.02. The highest BCUT2D eigenvalue weighted by Gasteiger charge is 2.08. The molecule has 0 spiro atoms. The summed E-state index contributed by atoms with van der Waals surface area (Å²) in [5.41, 5.74) is 1.31. The molecule has 0 saturated carbocycles. The van der Waals surface area contributed by atoms with Crippen LogP contribution in [0.15, 0.2) is 24.3 Å². The van der Waals surface area contributed by atoms with Gasteiger partial charge in [-0.2, -0.15) is 0 Å². The van der Waals surface area contributed by atoms with Gasteiger partial charge in [0.1, 0.15) is 5.75 Å². The van der Waals surface area contributed by atoms with Gasteiger partial charge in [0.05, 0.1) is 6.10 Å². The molecule has 1 aromatic rings. The molecule has 0 unspecified atom stereocenters. The predicted octanol–water partition coefficient (Wildman–Crippen LogP) is 4.31. The maximum absolute atomic E-state index is 5.78. The molecule has 18 heavy (non-hydrogen) atoms. The molecule has 0 radical (unpaired) electrons. The van der Waals surface area contributed by atoms with Gasteiger partial charge in [0.25, 0.3) is 0 Å². The lowest BCUT2D eigenvalue weighted by Crippen LogP contribution is -2.28. The highest BCUT2D eigenvalue weighted by atomic mass is 16.5. The number of rotatable bonds is 7. The second kappa shape index (κ2) is 7.42. The fraction of sp³-hybridized carbons (Fsp3) is 0.625. The minimum Gasteiger partial charge on any atom is -0.491 e. The summed E-state index contributed by atoms with van der Waals surface area (Å²) in [5.74, 6) is 0.962. The Labute approximate surface area is 112 Å². The van der Waals surface area contributed by atoms with Crippen molar-refractivity contribution in [1.82, 2.24) is 5.32 Å². The van der Waals surface area contributed by atoms with Crippen molar-refractivity contribution < 1.29 is 4.74 Å². The summed E-state index contributed by atoms with van der Waals surface area (Å²) in [7, 11) is 0. The SMILES string of the molecule is CC[C@H](C)N[C@@H](C)c1ccc(O[C@@H](C)CC)cc1. The number of benzene rings is 1. The molecule has 2 nitrogen and oxygen atoms in total. The molecule has 1 rings (SSSR count). The van der Waals surface area contributed by atoms with E-state index in [2.05, 4.69) is 64.2 Å². The molecule has 0 heterocycles. The smallest absolute Gasteiger partial charge is 0.119 e. The monoisotopic (exact) mass is 249 g/mol. The first-order chi connectivity index (χ1) is 8.56. The van der Waals surface area contributed by atoms with Gasteiger partial charge in [-0.3, -0.25) is 0 Å². The van der Waals surface area contributed by atoms with Crippen LogP contribution in [0.4, 0.5) is 0 Å². The molecule has 0 fully saturated rings. The van der Waals surface area contributed by atoms with Crippen LogP contribution in [0.2, 0.25) is 0 Å². The fourth-order valence-corrected chi connectivity index (χ4v) is 1.79. The lowest BCUT2D eigenvalue weighted by atomic mass is 10.1. The van der Waals surface area contributed by atoms with Crippen molar-refractivity contribution in [2.75, 3.05) is 0 Å². The Kier molecular flexibility index (Phi) is 6.20. The highest BCUT2D eigenvalue weighted by Crippen LogP contribution is 2.19. The summed E-state index contributed by atoms with van der Waals surface area (Å²) < 4.78 is 5.78. The van der Waals surface area contributed by atoms with E-state index >= 15 is 0 Å². The zero-order chi connectivity index (χ0) is 13.5. The largest absolute Gasteiger partial charge is 0.491 e. The Balaban J connectivity index is 2.59. The van der Waals surface area contributed by atoms with E-state index in [0.29, 0.717) is 12.1 Å². The molecule has 3 atom stereocenters. The average molecular weight is 249 g/mol. The predicted molar refractivity (Wildman–Crippen MR) is 78.1 cm³/mol. The number of nitrogens with one attached hydrogen (secondary N) is 1. The van der Waals surface area contributed by atoms with Crippen LogP contribution in [0.25, 0.3) is 0 Å². The third-order valence-electron chi connectivity index (χ3n) is 3.44. The molecule has 2 heteroatoms. The number of hydrogen-bond acceptors (Lipinski definition) is 2. The van der Waals surface area contributed by atoms with Crippen LogP contribution in [0.1, 0.15) is 59.1 Å². The molecule has 0 aliphatic rings. The summed E-state index contributed by atoms with van der Waals surface area (Å²) in [6.07, 6.45) is 2.47. The lowest BCUT2D eigenvalue weighted by molar-refractivity contribution is 0.217. The van der Waals surface area contributed by atoms with Crippen molar-refractivity contribution in [2.24, 2.45) is 0 Å². The van der Waals surface area contributed by atoms with Gasteiger partial charge in [-0.25, -0.2) is 0 Å². The molecular weight excluding hydrogens is 222 g/mol. The van der Waals surface area contributed by atoms with Gasteiger partial charge >= 0.3 is 0 Å². The van der Waals surface area contributed by atoms with E-state index in [-0.39, 0.29) is 6.10 Å². The first-order valence-corrected chi connectivity index (χ1v) is 7.09. The van der Waals surface area contributed by atoms with Crippen LogP contribution < -0.4 is 10.1 Å². The zero-order valence-corrected chi connectivity index (χ0v) is 12.4. The molecule has 102 valence electrons. The zero-order valence-electron chi connectivity index (χ0n) is 12.4. The van der Waals surface area contributed by atoms with E-state index in [1.54, 1.807) is 0 Å². The van der Waals surface area contributed by atoms with Gasteiger partial charge in [0.15, 0.2) is 0 Å². The Morgan fingerprint density at radius 1 is 1.00 bits per heavy atom. The molecule has 0 aliphatic carbocycles. The van der Waals surface area contributed by atoms with Crippen LogP contribution in [-0.4, -0.2) is 12.1 Å². The topological polar surface area (TPSA) is 21.3 Å². The lowest BCUT2D eigenvalue weighted by Gasteiger charge is -2.20. The molecule has 1 aromatic carbocycles. The Bertz CT molecular complexity index is 333.